The molecule has 3 nitrogen and oxygen atoms in total. The zero-order valence-electron chi connectivity index (χ0n) is 13.7. The second-order valence-corrected chi connectivity index (χ2v) is 8.04. The van der Waals surface area contributed by atoms with Crippen molar-refractivity contribution in [1.29, 1.82) is 0 Å². The molecule has 0 radical (unpaired) electrons. The Bertz CT molecular complexity index is 1070. The Labute approximate surface area is 155 Å². The minimum Gasteiger partial charge on any atom is -0.225 e. The summed E-state index contributed by atoms with van der Waals surface area (Å²) in [5.74, 6) is -1.47. The Morgan fingerprint density at radius 3 is 2.38 bits per heavy atom. The lowest BCUT2D eigenvalue weighted by molar-refractivity contribution is 0.568. The zero-order chi connectivity index (χ0) is 19.1. The van der Waals surface area contributed by atoms with Crippen LogP contribution in [-0.2, 0) is 10.0 Å². The van der Waals surface area contributed by atoms with E-state index in [0.717, 1.165) is 17.7 Å². The number of hydrogen-bond acceptors (Lipinski definition) is 3. The number of primary sulfonamides is 1. The minimum absolute atomic E-state index is 0.252. The molecule has 0 saturated carbocycles. The summed E-state index contributed by atoms with van der Waals surface area (Å²) in [4.78, 5) is -0.00101. The van der Waals surface area contributed by atoms with Crippen molar-refractivity contribution in [3.05, 3.63) is 83.0 Å². The molecule has 1 aliphatic carbocycles. The van der Waals surface area contributed by atoms with Crippen molar-refractivity contribution in [2.24, 2.45) is 5.14 Å². The number of thiocarbonyl (C=S) groups is 1. The van der Waals surface area contributed by atoms with Crippen LogP contribution in [0.2, 0.25) is 0 Å². The normalized spacial score (nSPS) is 17.3. The van der Waals surface area contributed by atoms with E-state index in [9.17, 15) is 17.2 Å². The smallest absolute Gasteiger partial charge is 0.225 e. The molecule has 7 heteroatoms. The van der Waals surface area contributed by atoms with Crippen molar-refractivity contribution >= 4 is 32.7 Å². The monoisotopic (exact) mass is 391 g/mol. The highest BCUT2D eigenvalue weighted by atomic mass is 32.2. The van der Waals surface area contributed by atoms with Crippen LogP contribution in [-0.4, -0.2) is 13.3 Å². The van der Waals surface area contributed by atoms with Crippen molar-refractivity contribution in [3.8, 4) is 0 Å². The molecule has 0 heterocycles. The summed E-state index contributed by atoms with van der Waals surface area (Å²) in [6.45, 7) is 1.69. The van der Waals surface area contributed by atoms with E-state index >= 15 is 0 Å². The molecule has 0 saturated heterocycles. The van der Waals surface area contributed by atoms with Crippen molar-refractivity contribution in [3.63, 3.8) is 0 Å². The lowest BCUT2D eigenvalue weighted by atomic mass is 9.87. The number of allylic oxidation sites excluding steroid dienone is 4. The predicted octanol–water partition coefficient (Wildman–Crippen LogP) is 4.03. The Balaban J connectivity index is 1.91. The molecule has 2 N–H and O–H groups in total. The Morgan fingerprint density at radius 1 is 1.08 bits per heavy atom. The van der Waals surface area contributed by atoms with Crippen LogP contribution >= 0.6 is 12.2 Å². The molecule has 0 bridgehead atoms. The summed E-state index contributed by atoms with van der Waals surface area (Å²) in [6.07, 6.45) is 5.26. The first-order valence-corrected chi connectivity index (χ1v) is 9.65. The predicted molar refractivity (Wildman–Crippen MR) is 101 cm³/mol. The maximum absolute atomic E-state index is 14.0. The van der Waals surface area contributed by atoms with Crippen LogP contribution in [0.4, 0.5) is 8.78 Å². The van der Waals surface area contributed by atoms with Gasteiger partial charge in [0.2, 0.25) is 10.0 Å². The average Bonchev–Trinajstić information content (AvgIpc) is 2.56. The van der Waals surface area contributed by atoms with Crippen LogP contribution in [0.1, 0.15) is 22.6 Å². The first kappa shape index (κ1) is 18.6. The maximum atomic E-state index is 14.0. The standard InChI is InChI=1S/C19H15F2NO2S2/c1-11-2-3-14(9-16(11)20)15-6-4-13(10-18(15)25)12-5-7-19(17(21)8-12)26(22,23)24/h2-10,15H,1H3,(H2,22,23,24). The van der Waals surface area contributed by atoms with Gasteiger partial charge in [-0.25, -0.2) is 22.3 Å². The second-order valence-electron chi connectivity index (χ2n) is 6.04. The molecule has 0 fully saturated rings. The highest BCUT2D eigenvalue weighted by Crippen LogP contribution is 2.31. The van der Waals surface area contributed by atoms with E-state index in [0.29, 0.717) is 21.6 Å². The van der Waals surface area contributed by atoms with E-state index < -0.39 is 20.7 Å². The first-order valence-electron chi connectivity index (χ1n) is 7.69. The zero-order valence-corrected chi connectivity index (χ0v) is 15.4. The van der Waals surface area contributed by atoms with E-state index in [4.69, 9.17) is 17.4 Å². The molecule has 3 rings (SSSR count). The number of sulfonamides is 1. The van der Waals surface area contributed by atoms with Crippen LogP contribution in [0, 0.1) is 18.6 Å². The van der Waals surface area contributed by atoms with Crippen LogP contribution in [0.15, 0.2) is 59.5 Å². The molecule has 0 amide bonds. The van der Waals surface area contributed by atoms with Crippen LogP contribution in [0.25, 0.3) is 5.57 Å². The summed E-state index contributed by atoms with van der Waals surface area (Å²) in [5.41, 5.74) is 2.40. The van der Waals surface area contributed by atoms with E-state index in [1.165, 1.54) is 12.1 Å². The van der Waals surface area contributed by atoms with E-state index in [1.54, 1.807) is 25.1 Å². The van der Waals surface area contributed by atoms with Crippen LogP contribution in [0.5, 0.6) is 0 Å². The van der Waals surface area contributed by atoms with Gasteiger partial charge in [-0.1, -0.05) is 42.6 Å². The third-order valence-corrected chi connectivity index (χ3v) is 5.52. The molecule has 26 heavy (non-hydrogen) atoms. The second kappa shape index (κ2) is 6.83. The average molecular weight is 391 g/mol. The summed E-state index contributed by atoms with van der Waals surface area (Å²) in [5, 5.41) is 4.97. The van der Waals surface area contributed by atoms with Gasteiger partial charge in [0, 0.05) is 10.8 Å². The number of hydrogen-bond donors (Lipinski definition) is 1. The summed E-state index contributed by atoms with van der Waals surface area (Å²) in [7, 11) is -4.12. The summed E-state index contributed by atoms with van der Waals surface area (Å²) < 4.78 is 50.4. The Hall–Kier alpha value is -2.22. The minimum atomic E-state index is -4.12. The number of benzene rings is 2. The summed E-state index contributed by atoms with van der Waals surface area (Å²) >= 11 is 5.42. The van der Waals surface area contributed by atoms with Gasteiger partial charge in [0.15, 0.2) is 0 Å². The van der Waals surface area contributed by atoms with Gasteiger partial charge in [-0.15, -0.1) is 0 Å². The van der Waals surface area contributed by atoms with Crippen molar-refractivity contribution in [1.82, 2.24) is 0 Å². The third-order valence-electron chi connectivity index (χ3n) is 4.20. The fraction of sp³-hybridized carbons (Fsp3) is 0.105. The lowest BCUT2D eigenvalue weighted by Crippen LogP contribution is -2.14. The van der Waals surface area contributed by atoms with Crippen molar-refractivity contribution < 1.29 is 17.2 Å². The van der Waals surface area contributed by atoms with Gasteiger partial charge in [-0.2, -0.15) is 0 Å². The maximum Gasteiger partial charge on any atom is 0.240 e. The Morgan fingerprint density at radius 2 is 1.81 bits per heavy atom. The fourth-order valence-corrected chi connectivity index (χ4v) is 3.68. The highest BCUT2D eigenvalue weighted by molar-refractivity contribution is 7.89. The van der Waals surface area contributed by atoms with Gasteiger partial charge < -0.3 is 0 Å². The Kier molecular flexibility index (Phi) is 4.88. The molecule has 0 aliphatic heterocycles. The van der Waals surface area contributed by atoms with Gasteiger partial charge in [-0.3, -0.25) is 0 Å². The fourth-order valence-electron chi connectivity index (χ4n) is 2.75. The number of nitrogens with two attached hydrogens (primary N) is 1. The number of rotatable bonds is 3. The molecular weight excluding hydrogens is 376 g/mol. The van der Waals surface area contributed by atoms with Crippen molar-refractivity contribution in [2.75, 3.05) is 0 Å². The molecule has 1 aliphatic rings. The molecule has 0 aromatic heterocycles. The molecular formula is C19H15F2NO2S2. The first-order chi connectivity index (χ1) is 12.2. The van der Waals surface area contributed by atoms with Crippen molar-refractivity contribution in [2.45, 2.75) is 17.7 Å². The van der Waals surface area contributed by atoms with Gasteiger partial charge in [0.25, 0.3) is 0 Å². The quantitative estimate of drug-likeness (QED) is 0.804. The van der Waals surface area contributed by atoms with E-state index in [1.807, 2.05) is 12.1 Å². The molecule has 0 spiro atoms. The third kappa shape index (κ3) is 3.65. The topological polar surface area (TPSA) is 60.2 Å². The number of aryl methyl sites for hydroxylation is 1. The van der Waals surface area contributed by atoms with Gasteiger partial charge in [-0.05, 0) is 53.5 Å². The largest absolute Gasteiger partial charge is 0.240 e. The summed E-state index contributed by atoms with van der Waals surface area (Å²) in [6, 6.07) is 8.66. The molecule has 1 unspecified atom stereocenters. The molecule has 1 atom stereocenters. The molecule has 2 aromatic rings. The SMILES string of the molecule is Cc1ccc(C2C=CC(c3ccc(S(N)(=O)=O)c(F)c3)=CC2=S)cc1F. The molecule has 2 aromatic carbocycles. The highest BCUT2D eigenvalue weighted by Gasteiger charge is 2.20. The number of halogens is 2. The van der Waals surface area contributed by atoms with Gasteiger partial charge >= 0.3 is 0 Å². The lowest BCUT2D eigenvalue weighted by Gasteiger charge is -2.19. The van der Waals surface area contributed by atoms with Gasteiger partial charge in [0.1, 0.15) is 16.5 Å². The van der Waals surface area contributed by atoms with Gasteiger partial charge in [0.05, 0.1) is 0 Å². The van der Waals surface area contributed by atoms with Crippen LogP contribution in [0.3, 0.4) is 0 Å². The van der Waals surface area contributed by atoms with E-state index in [2.05, 4.69) is 0 Å². The van der Waals surface area contributed by atoms with Crippen LogP contribution < -0.4 is 5.14 Å². The molecule has 134 valence electrons. The van der Waals surface area contributed by atoms with E-state index in [-0.39, 0.29) is 11.7 Å².